The molecular weight excluding hydrogens is 370 g/mol. The second kappa shape index (κ2) is 9.65. The molecule has 26 heavy (non-hydrogen) atoms. The Labute approximate surface area is 161 Å². The van der Waals surface area contributed by atoms with Gasteiger partial charge in [0, 0.05) is 19.6 Å². The van der Waals surface area contributed by atoms with Crippen molar-refractivity contribution in [1.29, 1.82) is 0 Å². The zero-order chi connectivity index (χ0) is 19.0. The fourth-order valence-electron chi connectivity index (χ4n) is 2.19. The largest absolute Gasteiger partial charge is 0.383 e. The zero-order valence-corrected chi connectivity index (χ0v) is 16.8. The molecule has 1 atom stereocenters. The van der Waals surface area contributed by atoms with Gasteiger partial charge in [-0.25, -0.2) is 9.98 Å². The quantitative estimate of drug-likeness (QED) is 0.310. The number of thiophene rings is 1. The van der Waals surface area contributed by atoms with Crippen LogP contribution in [0.3, 0.4) is 0 Å². The van der Waals surface area contributed by atoms with Crippen molar-refractivity contribution in [2.75, 3.05) is 26.2 Å². The van der Waals surface area contributed by atoms with Gasteiger partial charge in [0.2, 0.25) is 0 Å². The van der Waals surface area contributed by atoms with Gasteiger partial charge in [-0.15, -0.1) is 11.3 Å². The Balaban J connectivity index is 1.82. The van der Waals surface area contributed by atoms with Gasteiger partial charge in [-0.1, -0.05) is 0 Å². The van der Waals surface area contributed by atoms with E-state index in [1.807, 2.05) is 30.7 Å². The van der Waals surface area contributed by atoms with Gasteiger partial charge < -0.3 is 21.1 Å². The maximum atomic E-state index is 12.0. The summed E-state index contributed by atoms with van der Waals surface area (Å²) >= 11 is 2.88. The molecule has 9 heteroatoms. The fraction of sp³-hybridized carbons (Fsp3) is 0.471. The molecule has 1 unspecified atom stereocenters. The molecule has 2 aromatic rings. The lowest BCUT2D eigenvalue weighted by Gasteiger charge is -2.21. The Kier molecular flexibility index (Phi) is 7.55. The van der Waals surface area contributed by atoms with E-state index in [4.69, 9.17) is 0 Å². The molecule has 0 saturated heterocycles. The van der Waals surface area contributed by atoms with E-state index in [0.29, 0.717) is 30.5 Å². The molecule has 2 rings (SSSR count). The minimum Gasteiger partial charge on any atom is -0.383 e. The smallest absolute Gasteiger partial charge is 0.263 e. The third-order valence-electron chi connectivity index (χ3n) is 3.69. The maximum Gasteiger partial charge on any atom is 0.263 e. The van der Waals surface area contributed by atoms with E-state index in [-0.39, 0.29) is 12.5 Å². The van der Waals surface area contributed by atoms with E-state index >= 15 is 0 Å². The van der Waals surface area contributed by atoms with E-state index in [0.717, 1.165) is 11.3 Å². The van der Waals surface area contributed by atoms with Gasteiger partial charge >= 0.3 is 0 Å². The molecule has 0 aromatic carbocycles. The average molecular weight is 396 g/mol. The number of aliphatic imine (C=N–C) groups is 1. The summed E-state index contributed by atoms with van der Waals surface area (Å²) in [7, 11) is 0. The third-order valence-corrected chi connectivity index (χ3v) is 5.30. The number of carbonyl (C=O) groups excluding carboxylic acids is 1. The number of nitrogens with zero attached hydrogens (tertiary/aromatic N) is 2. The van der Waals surface area contributed by atoms with E-state index in [2.05, 4.69) is 25.9 Å². The maximum absolute atomic E-state index is 12.0. The number of aromatic nitrogens is 1. The first kappa shape index (κ1) is 20.3. The number of thiazole rings is 1. The predicted molar refractivity (Wildman–Crippen MR) is 107 cm³/mol. The van der Waals surface area contributed by atoms with Gasteiger partial charge in [0.1, 0.15) is 10.5 Å². The van der Waals surface area contributed by atoms with Crippen molar-refractivity contribution in [2.24, 2.45) is 4.99 Å². The van der Waals surface area contributed by atoms with Crippen molar-refractivity contribution in [1.82, 2.24) is 20.9 Å². The highest BCUT2D eigenvalue weighted by Gasteiger charge is 2.23. The summed E-state index contributed by atoms with van der Waals surface area (Å²) < 4.78 is 0. The Hall–Kier alpha value is -1.97. The summed E-state index contributed by atoms with van der Waals surface area (Å²) in [5.74, 6) is 0.486. The SMILES string of the molecule is CCNC(=NCC(C)(O)c1ccsc1)NCCNC(=O)c1scnc1C. The highest BCUT2D eigenvalue weighted by Crippen LogP contribution is 2.23. The van der Waals surface area contributed by atoms with Crippen molar-refractivity contribution < 1.29 is 9.90 Å². The topological polar surface area (TPSA) is 98.6 Å². The first-order valence-corrected chi connectivity index (χ1v) is 10.2. The number of nitrogens with one attached hydrogen (secondary N) is 3. The van der Waals surface area contributed by atoms with Crippen molar-refractivity contribution >= 4 is 34.5 Å². The average Bonchev–Trinajstić information content (AvgIpc) is 3.28. The number of aliphatic hydroxyl groups is 1. The lowest BCUT2D eigenvalue weighted by atomic mass is 10.00. The molecule has 0 spiro atoms. The molecule has 1 amide bonds. The molecule has 0 aliphatic heterocycles. The molecular formula is C17H25N5O2S2. The van der Waals surface area contributed by atoms with Gasteiger partial charge in [0.25, 0.3) is 5.91 Å². The molecule has 4 N–H and O–H groups in total. The van der Waals surface area contributed by atoms with Crippen LogP contribution in [0.5, 0.6) is 0 Å². The Morgan fingerprint density at radius 1 is 1.35 bits per heavy atom. The summed E-state index contributed by atoms with van der Waals surface area (Å²) in [4.78, 5) is 21.2. The van der Waals surface area contributed by atoms with Crippen LogP contribution in [0.2, 0.25) is 0 Å². The van der Waals surface area contributed by atoms with Crippen LogP contribution in [0, 0.1) is 6.92 Å². The van der Waals surface area contributed by atoms with E-state index < -0.39 is 5.60 Å². The molecule has 0 fully saturated rings. The Morgan fingerprint density at radius 3 is 2.73 bits per heavy atom. The number of amides is 1. The van der Waals surface area contributed by atoms with Crippen molar-refractivity contribution in [2.45, 2.75) is 26.4 Å². The number of guanidine groups is 1. The van der Waals surface area contributed by atoms with Gasteiger partial charge in [-0.2, -0.15) is 11.3 Å². The van der Waals surface area contributed by atoms with Gasteiger partial charge in [0.05, 0.1) is 17.7 Å². The van der Waals surface area contributed by atoms with E-state index in [9.17, 15) is 9.90 Å². The van der Waals surface area contributed by atoms with Crippen molar-refractivity contribution in [3.63, 3.8) is 0 Å². The first-order valence-electron chi connectivity index (χ1n) is 8.39. The number of hydrogen-bond acceptors (Lipinski definition) is 6. The molecule has 142 valence electrons. The van der Waals surface area contributed by atoms with Crippen LogP contribution in [0.1, 0.15) is 34.8 Å². The van der Waals surface area contributed by atoms with E-state index in [1.165, 1.54) is 11.3 Å². The Bertz CT molecular complexity index is 725. The summed E-state index contributed by atoms with van der Waals surface area (Å²) in [5.41, 5.74) is 2.25. The van der Waals surface area contributed by atoms with Crippen LogP contribution in [0.25, 0.3) is 0 Å². The summed E-state index contributed by atoms with van der Waals surface area (Å²) in [5, 5.41) is 23.6. The zero-order valence-electron chi connectivity index (χ0n) is 15.2. The van der Waals surface area contributed by atoms with Crippen LogP contribution in [-0.2, 0) is 5.60 Å². The van der Waals surface area contributed by atoms with Crippen LogP contribution in [-0.4, -0.2) is 48.1 Å². The minimum absolute atomic E-state index is 0.117. The van der Waals surface area contributed by atoms with Crippen LogP contribution >= 0.6 is 22.7 Å². The third kappa shape index (κ3) is 5.79. The standard InChI is InChI=1S/C17H25N5O2S2/c1-4-18-16(21-10-17(3,24)13-5-8-25-9-13)20-7-6-19-15(23)14-12(2)22-11-26-14/h5,8-9,11,24H,4,6-7,10H2,1-3H3,(H,19,23)(H2,18,20,21). The Morgan fingerprint density at radius 2 is 2.12 bits per heavy atom. The first-order chi connectivity index (χ1) is 12.4. The van der Waals surface area contributed by atoms with E-state index in [1.54, 1.807) is 23.8 Å². The molecule has 0 saturated carbocycles. The molecule has 0 aliphatic carbocycles. The summed E-state index contributed by atoms with van der Waals surface area (Å²) in [6.07, 6.45) is 0. The molecule has 0 aliphatic rings. The normalized spacial score (nSPS) is 13.9. The highest BCUT2D eigenvalue weighted by molar-refractivity contribution is 7.11. The van der Waals surface area contributed by atoms with Gasteiger partial charge in [0.15, 0.2) is 5.96 Å². The monoisotopic (exact) mass is 395 g/mol. The number of hydrogen-bond donors (Lipinski definition) is 4. The number of aryl methyl sites for hydroxylation is 1. The molecule has 7 nitrogen and oxygen atoms in total. The lowest BCUT2D eigenvalue weighted by molar-refractivity contribution is 0.0677. The molecule has 0 bridgehead atoms. The molecule has 0 radical (unpaired) electrons. The van der Waals surface area contributed by atoms with Crippen LogP contribution in [0.15, 0.2) is 27.3 Å². The fourth-order valence-corrected chi connectivity index (χ4v) is 3.70. The highest BCUT2D eigenvalue weighted by atomic mass is 32.1. The van der Waals surface area contributed by atoms with Gasteiger partial charge in [-0.3, -0.25) is 4.79 Å². The van der Waals surface area contributed by atoms with Gasteiger partial charge in [-0.05, 0) is 43.2 Å². The second-order valence-corrected chi connectivity index (χ2v) is 7.57. The number of carbonyl (C=O) groups is 1. The number of rotatable bonds is 8. The summed E-state index contributed by atoms with van der Waals surface area (Å²) in [6.45, 7) is 7.48. The lowest BCUT2D eigenvalue weighted by Crippen LogP contribution is -2.42. The predicted octanol–water partition coefficient (Wildman–Crippen LogP) is 1.71. The van der Waals surface area contributed by atoms with Crippen LogP contribution in [0.4, 0.5) is 0 Å². The van der Waals surface area contributed by atoms with Crippen LogP contribution < -0.4 is 16.0 Å². The molecule has 2 heterocycles. The van der Waals surface area contributed by atoms with Crippen molar-refractivity contribution in [3.8, 4) is 0 Å². The minimum atomic E-state index is -1.01. The molecule has 2 aromatic heterocycles. The summed E-state index contributed by atoms with van der Waals surface area (Å²) in [6, 6.07) is 1.90. The van der Waals surface area contributed by atoms with Crippen molar-refractivity contribution in [3.05, 3.63) is 38.5 Å². The second-order valence-electron chi connectivity index (χ2n) is 5.93.